The van der Waals surface area contributed by atoms with Crippen LogP contribution in [-0.2, 0) is 12.0 Å². The Bertz CT molecular complexity index is 351. The van der Waals surface area contributed by atoms with E-state index in [0.717, 1.165) is 24.2 Å². The van der Waals surface area contributed by atoms with Crippen LogP contribution in [0.3, 0.4) is 0 Å². The first-order valence-electron chi connectivity index (χ1n) is 4.77. The summed E-state index contributed by atoms with van der Waals surface area (Å²) in [4.78, 5) is 0. The number of aryl methyl sites for hydroxylation is 1. The summed E-state index contributed by atoms with van der Waals surface area (Å²) in [5.41, 5.74) is 7.77. The third-order valence-electron chi connectivity index (χ3n) is 2.98. The fraction of sp³-hybridized carbons (Fsp3) is 0.455. The minimum atomic E-state index is -0.566. The summed E-state index contributed by atoms with van der Waals surface area (Å²) in [7, 11) is 1.63. The van der Waals surface area contributed by atoms with E-state index in [-0.39, 0.29) is 6.61 Å². The number of hydrogen-bond donors (Lipinski definition) is 2. The summed E-state index contributed by atoms with van der Waals surface area (Å²) in [5.74, 6) is 0.800. The Morgan fingerprint density at radius 3 is 3.00 bits per heavy atom. The molecule has 3 N–H and O–H groups in total. The van der Waals surface area contributed by atoms with Crippen LogP contribution in [-0.4, -0.2) is 18.8 Å². The van der Waals surface area contributed by atoms with Crippen LogP contribution in [0.1, 0.15) is 17.5 Å². The van der Waals surface area contributed by atoms with Crippen molar-refractivity contribution in [3.05, 3.63) is 29.3 Å². The van der Waals surface area contributed by atoms with Crippen molar-refractivity contribution in [2.75, 3.05) is 13.7 Å². The topological polar surface area (TPSA) is 55.5 Å². The summed E-state index contributed by atoms with van der Waals surface area (Å²) >= 11 is 0. The first-order chi connectivity index (χ1) is 6.69. The number of fused-ring (bicyclic) bond motifs is 1. The molecule has 0 fully saturated rings. The predicted molar refractivity (Wildman–Crippen MR) is 54.3 cm³/mol. The summed E-state index contributed by atoms with van der Waals surface area (Å²) in [6.45, 7) is -0.00678. The Kier molecular flexibility index (Phi) is 2.21. The van der Waals surface area contributed by atoms with Gasteiger partial charge in [-0.3, -0.25) is 0 Å². The Morgan fingerprint density at radius 2 is 2.36 bits per heavy atom. The van der Waals surface area contributed by atoms with Gasteiger partial charge in [-0.1, -0.05) is 6.07 Å². The molecule has 2 rings (SSSR count). The fourth-order valence-corrected chi connectivity index (χ4v) is 2.02. The zero-order valence-electron chi connectivity index (χ0n) is 8.29. The van der Waals surface area contributed by atoms with Crippen molar-refractivity contribution >= 4 is 0 Å². The number of aliphatic hydroxyl groups is 1. The zero-order valence-corrected chi connectivity index (χ0v) is 8.29. The van der Waals surface area contributed by atoms with E-state index < -0.39 is 5.54 Å². The van der Waals surface area contributed by atoms with Crippen molar-refractivity contribution in [3.8, 4) is 5.75 Å². The lowest BCUT2D eigenvalue weighted by atomic mass is 9.94. The van der Waals surface area contributed by atoms with Gasteiger partial charge in [0.1, 0.15) is 5.75 Å². The Labute approximate surface area is 83.5 Å². The molecule has 1 aromatic rings. The van der Waals surface area contributed by atoms with Crippen LogP contribution in [0.4, 0.5) is 0 Å². The average Bonchev–Trinajstić information content (AvgIpc) is 2.57. The molecule has 1 aromatic carbocycles. The van der Waals surface area contributed by atoms with Crippen LogP contribution in [0, 0.1) is 0 Å². The van der Waals surface area contributed by atoms with Gasteiger partial charge in [-0.15, -0.1) is 0 Å². The van der Waals surface area contributed by atoms with Crippen LogP contribution in [0.2, 0.25) is 0 Å². The summed E-state index contributed by atoms with van der Waals surface area (Å²) in [6.07, 6.45) is 1.75. The number of hydrogen-bond acceptors (Lipinski definition) is 3. The van der Waals surface area contributed by atoms with Gasteiger partial charge in [0.25, 0.3) is 0 Å². The van der Waals surface area contributed by atoms with Crippen molar-refractivity contribution in [3.63, 3.8) is 0 Å². The molecule has 0 saturated carbocycles. The maximum Gasteiger partial charge on any atom is 0.119 e. The molecule has 1 aliphatic carbocycles. The SMILES string of the molecule is COc1ccc2c(c1)[C@@](N)(CO)CC2. The molecule has 76 valence electrons. The lowest BCUT2D eigenvalue weighted by Crippen LogP contribution is -2.37. The molecule has 0 radical (unpaired) electrons. The van der Waals surface area contributed by atoms with Gasteiger partial charge in [0.05, 0.1) is 19.3 Å². The van der Waals surface area contributed by atoms with E-state index in [1.54, 1.807) is 7.11 Å². The normalized spacial score (nSPS) is 24.8. The van der Waals surface area contributed by atoms with Gasteiger partial charge in [-0.2, -0.15) is 0 Å². The third kappa shape index (κ3) is 1.29. The van der Waals surface area contributed by atoms with E-state index in [9.17, 15) is 5.11 Å². The highest BCUT2D eigenvalue weighted by Gasteiger charge is 2.34. The number of aliphatic hydroxyl groups excluding tert-OH is 1. The zero-order chi connectivity index (χ0) is 10.2. The van der Waals surface area contributed by atoms with Crippen molar-refractivity contribution in [1.82, 2.24) is 0 Å². The number of ether oxygens (including phenoxy) is 1. The Morgan fingerprint density at radius 1 is 1.57 bits per heavy atom. The summed E-state index contributed by atoms with van der Waals surface area (Å²) in [6, 6.07) is 5.89. The minimum absolute atomic E-state index is 0.00678. The minimum Gasteiger partial charge on any atom is -0.497 e. The van der Waals surface area contributed by atoms with Crippen molar-refractivity contribution in [1.29, 1.82) is 0 Å². The number of rotatable bonds is 2. The molecule has 0 aliphatic heterocycles. The van der Waals surface area contributed by atoms with Gasteiger partial charge in [0.15, 0.2) is 0 Å². The second kappa shape index (κ2) is 3.26. The van der Waals surface area contributed by atoms with Gasteiger partial charge in [-0.05, 0) is 36.1 Å². The molecule has 1 atom stereocenters. The van der Waals surface area contributed by atoms with E-state index >= 15 is 0 Å². The second-order valence-electron chi connectivity index (χ2n) is 3.84. The average molecular weight is 193 g/mol. The largest absolute Gasteiger partial charge is 0.497 e. The molecule has 3 heteroatoms. The first kappa shape index (κ1) is 9.49. The van der Waals surface area contributed by atoms with Gasteiger partial charge >= 0.3 is 0 Å². The first-order valence-corrected chi connectivity index (χ1v) is 4.77. The van der Waals surface area contributed by atoms with Gasteiger partial charge in [-0.25, -0.2) is 0 Å². The van der Waals surface area contributed by atoms with Crippen molar-refractivity contribution in [2.45, 2.75) is 18.4 Å². The second-order valence-corrected chi connectivity index (χ2v) is 3.84. The lowest BCUT2D eigenvalue weighted by molar-refractivity contribution is 0.196. The molecule has 14 heavy (non-hydrogen) atoms. The van der Waals surface area contributed by atoms with E-state index in [0.29, 0.717) is 0 Å². The Balaban J connectivity index is 2.47. The van der Waals surface area contributed by atoms with Crippen LogP contribution in [0.5, 0.6) is 5.75 Å². The quantitative estimate of drug-likeness (QED) is 0.730. The fourth-order valence-electron chi connectivity index (χ4n) is 2.02. The monoisotopic (exact) mass is 193 g/mol. The van der Waals surface area contributed by atoms with E-state index in [1.807, 2.05) is 18.2 Å². The van der Waals surface area contributed by atoms with Crippen LogP contribution < -0.4 is 10.5 Å². The highest BCUT2D eigenvalue weighted by Crippen LogP contribution is 2.36. The van der Waals surface area contributed by atoms with E-state index in [4.69, 9.17) is 10.5 Å². The molecular formula is C11H15NO2. The molecule has 0 aromatic heterocycles. The van der Waals surface area contributed by atoms with Crippen LogP contribution >= 0.6 is 0 Å². The molecule has 0 saturated heterocycles. The van der Waals surface area contributed by atoms with E-state index in [1.165, 1.54) is 5.56 Å². The molecule has 0 amide bonds. The van der Waals surface area contributed by atoms with Crippen molar-refractivity contribution < 1.29 is 9.84 Å². The molecule has 0 bridgehead atoms. The van der Waals surface area contributed by atoms with E-state index in [2.05, 4.69) is 0 Å². The van der Waals surface area contributed by atoms with Gasteiger partial charge in [0.2, 0.25) is 0 Å². The highest BCUT2D eigenvalue weighted by molar-refractivity contribution is 5.43. The van der Waals surface area contributed by atoms with Crippen molar-refractivity contribution in [2.24, 2.45) is 5.73 Å². The van der Waals surface area contributed by atoms with Crippen LogP contribution in [0.15, 0.2) is 18.2 Å². The maximum absolute atomic E-state index is 9.27. The molecule has 0 unspecified atom stereocenters. The molecule has 0 heterocycles. The third-order valence-corrected chi connectivity index (χ3v) is 2.98. The molecule has 3 nitrogen and oxygen atoms in total. The summed E-state index contributed by atoms with van der Waals surface area (Å²) < 4.78 is 5.14. The lowest BCUT2D eigenvalue weighted by Gasteiger charge is -2.22. The standard InChI is InChI=1S/C11H15NO2/c1-14-9-3-2-8-4-5-11(12,7-13)10(8)6-9/h2-3,6,13H,4-5,7,12H2,1H3/t11-/m0/s1. The highest BCUT2D eigenvalue weighted by atomic mass is 16.5. The Hall–Kier alpha value is -1.06. The predicted octanol–water partition coefficient (Wildman–Crippen LogP) is 0.788. The number of nitrogens with two attached hydrogens (primary N) is 1. The number of methoxy groups -OCH3 is 1. The maximum atomic E-state index is 9.27. The molecule has 1 aliphatic rings. The van der Waals surface area contributed by atoms with Gasteiger partial charge < -0.3 is 15.6 Å². The molecule has 0 spiro atoms. The molecular weight excluding hydrogens is 178 g/mol. The van der Waals surface area contributed by atoms with Crippen LogP contribution in [0.25, 0.3) is 0 Å². The smallest absolute Gasteiger partial charge is 0.119 e. The summed E-state index contributed by atoms with van der Waals surface area (Å²) in [5, 5.41) is 9.27. The van der Waals surface area contributed by atoms with Gasteiger partial charge in [0, 0.05) is 0 Å². The number of benzene rings is 1.